The number of amides is 1. The highest BCUT2D eigenvalue weighted by Gasteiger charge is 2.27. The number of aromatic nitrogens is 2. The van der Waals surface area contributed by atoms with Crippen molar-refractivity contribution >= 4 is 40.4 Å². The van der Waals surface area contributed by atoms with Gasteiger partial charge in [-0.05, 0) is 38.1 Å². The molecule has 0 fully saturated rings. The zero-order chi connectivity index (χ0) is 18.0. The molecule has 1 amide bonds. The molecule has 0 radical (unpaired) electrons. The molecule has 0 unspecified atom stereocenters. The Morgan fingerprint density at radius 3 is 2.60 bits per heavy atom. The summed E-state index contributed by atoms with van der Waals surface area (Å²) in [5.74, 6) is -0.278. The molecule has 2 heterocycles. The Labute approximate surface area is 159 Å². The zero-order valence-corrected chi connectivity index (χ0v) is 15.9. The topological polar surface area (TPSA) is 54.9 Å². The van der Waals surface area contributed by atoms with Crippen LogP contribution in [0.15, 0.2) is 48.7 Å². The fraction of sp³-hybridized carbons (Fsp3) is 0.167. The van der Waals surface area contributed by atoms with Gasteiger partial charge in [0.05, 0.1) is 17.4 Å². The molecular formula is C18H15Cl2N3OS. The Balaban J connectivity index is 1.84. The van der Waals surface area contributed by atoms with Crippen LogP contribution in [0, 0.1) is 0 Å². The molecule has 0 aliphatic heterocycles. The number of halogens is 2. The lowest BCUT2D eigenvalue weighted by atomic mass is 10.1. The summed E-state index contributed by atoms with van der Waals surface area (Å²) < 4.78 is 0.582. The molecule has 25 heavy (non-hydrogen) atoms. The second kappa shape index (κ2) is 7.12. The number of nitrogens with zero attached hydrogens (tertiary/aromatic N) is 2. The van der Waals surface area contributed by atoms with Crippen LogP contribution in [0.3, 0.4) is 0 Å². The van der Waals surface area contributed by atoms with Crippen molar-refractivity contribution in [2.24, 2.45) is 0 Å². The van der Waals surface area contributed by atoms with E-state index in [0.717, 1.165) is 10.6 Å². The first-order chi connectivity index (χ1) is 11.8. The number of carbonyl (C=O) groups is 1. The number of carbonyl (C=O) groups excluding carboxylic acids is 1. The fourth-order valence-electron chi connectivity index (χ4n) is 2.31. The van der Waals surface area contributed by atoms with E-state index in [1.165, 1.54) is 11.3 Å². The minimum Gasteiger partial charge on any atom is -0.339 e. The largest absolute Gasteiger partial charge is 0.339 e. The molecule has 3 rings (SSSR count). The lowest BCUT2D eigenvalue weighted by Gasteiger charge is -2.23. The van der Waals surface area contributed by atoms with Crippen molar-refractivity contribution in [3.63, 3.8) is 0 Å². The van der Waals surface area contributed by atoms with Crippen molar-refractivity contribution in [1.29, 1.82) is 0 Å². The van der Waals surface area contributed by atoms with E-state index in [0.29, 0.717) is 20.7 Å². The van der Waals surface area contributed by atoms with Crippen molar-refractivity contribution in [2.75, 3.05) is 0 Å². The minimum atomic E-state index is -0.650. The lowest BCUT2D eigenvalue weighted by Crippen LogP contribution is -2.41. The van der Waals surface area contributed by atoms with Crippen molar-refractivity contribution < 1.29 is 4.79 Å². The molecule has 4 nitrogen and oxygen atoms in total. The van der Waals surface area contributed by atoms with E-state index in [1.807, 2.05) is 38.1 Å². The Morgan fingerprint density at radius 2 is 1.92 bits per heavy atom. The van der Waals surface area contributed by atoms with Crippen molar-refractivity contribution in [2.45, 2.75) is 19.4 Å². The van der Waals surface area contributed by atoms with Crippen LogP contribution in [0.5, 0.6) is 0 Å². The molecule has 0 atom stereocenters. The molecule has 128 valence electrons. The van der Waals surface area contributed by atoms with Gasteiger partial charge in [-0.15, -0.1) is 11.3 Å². The first-order valence-electron chi connectivity index (χ1n) is 7.52. The second-order valence-electron chi connectivity index (χ2n) is 5.97. The molecule has 1 N–H and O–H groups in total. The third-order valence-electron chi connectivity index (χ3n) is 3.54. The van der Waals surface area contributed by atoms with Gasteiger partial charge in [-0.3, -0.25) is 4.79 Å². The van der Waals surface area contributed by atoms with E-state index in [9.17, 15) is 4.79 Å². The van der Waals surface area contributed by atoms with E-state index in [-0.39, 0.29) is 5.91 Å². The average molecular weight is 392 g/mol. The van der Waals surface area contributed by atoms with Crippen molar-refractivity contribution in [3.8, 4) is 11.3 Å². The van der Waals surface area contributed by atoms with Crippen LogP contribution < -0.4 is 5.32 Å². The molecule has 0 aliphatic rings. The van der Waals surface area contributed by atoms with E-state index in [4.69, 9.17) is 23.2 Å². The molecule has 0 saturated heterocycles. The molecule has 7 heteroatoms. The third-order valence-corrected chi connectivity index (χ3v) is 5.21. The van der Waals surface area contributed by atoms with Gasteiger partial charge in [0.2, 0.25) is 0 Å². The van der Waals surface area contributed by atoms with Gasteiger partial charge in [0, 0.05) is 10.6 Å². The van der Waals surface area contributed by atoms with Gasteiger partial charge in [-0.25, -0.2) is 9.97 Å². The minimum absolute atomic E-state index is 0.278. The monoisotopic (exact) mass is 391 g/mol. The highest BCUT2D eigenvalue weighted by Crippen LogP contribution is 2.28. The van der Waals surface area contributed by atoms with Crippen molar-refractivity contribution in [3.05, 3.63) is 68.7 Å². The van der Waals surface area contributed by atoms with Crippen molar-refractivity contribution in [1.82, 2.24) is 15.3 Å². The van der Waals surface area contributed by atoms with Crippen LogP contribution in [0.4, 0.5) is 0 Å². The summed E-state index contributed by atoms with van der Waals surface area (Å²) in [7, 11) is 0. The molecule has 0 saturated carbocycles. The number of hydrogen-bond donors (Lipinski definition) is 1. The van der Waals surface area contributed by atoms with Crippen LogP contribution >= 0.6 is 34.5 Å². The maximum atomic E-state index is 12.6. The molecule has 0 aliphatic carbocycles. The Hall–Kier alpha value is -1.95. The standard InChI is InChI=1S/C18H15Cl2N3OS/c1-18(2,17-21-10-15(20)25-17)23-16(24)14-8-4-7-13(22-14)11-5-3-6-12(19)9-11/h3-10H,1-2H3,(H,23,24). The highest BCUT2D eigenvalue weighted by molar-refractivity contribution is 7.15. The van der Waals surface area contributed by atoms with Gasteiger partial charge in [0.25, 0.3) is 5.91 Å². The normalized spacial score (nSPS) is 11.4. The van der Waals surface area contributed by atoms with Crippen LogP contribution in [-0.2, 0) is 5.54 Å². The van der Waals surface area contributed by atoms with E-state index >= 15 is 0 Å². The highest BCUT2D eigenvalue weighted by atomic mass is 35.5. The first-order valence-corrected chi connectivity index (χ1v) is 9.10. The maximum Gasteiger partial charge on any atom is 0.270 e. The summed E-state index contributed by atoms with van der Waals surface area (Å²) in [6.07, 6.45) is 1.58. The summed E-state index contributed by atoms with van der Waals surface area (Å²) in [5, 5.41) is 4.31. The summed E-state index contributed by atoms with van der Waals surface area (Å²) in [6, 6.07) is 12.7. The molecule has 0 bridgehead atoms. The fourth-order valence-corrected chi connectivity index (χ4v) is 3.47. The van der Waals surface area contributed by atoms with Gasteiger partial charge in [-0.2, -0.15) is 0 Å². The van der Waals surface area contributed by atoms with Gasteiger partial charge < -0.3 is 5.32 Å². The molecule has 0 spiro atoms. The maximum absolute atomic E-state index is 12.6. The van der Waals surface area contributed by atoms with Gasteiger partial charge in [-0.1, -0.05) is 41.4 Å². The van der Waals surface area contributed by atoms with Crippen LogP contribution in [0.2, 0.25) is 9.36 Å². The van der Waals surface area contributed by atoms with Crippen LogP contribution in [-0.4, -0.2) is 15.9 Å². The lowest BCUT2D eigenvalue weighted by molar-refractivity contribution is 0.0907. The van der Waals surface area contributed by atoms with Crippen LogP contribution in [0.1, 0.15) is 29.3 Å². The zero-order valence-electron chi connectivity index (χ0n) is 13.6. The Bertz CT molecular complexity index is 924. The molecule has 1 aromatic carbocycles. The van der Waals surface area contributed by atoms with E-state index in [2.05, 4.69) is 15.3 Å². The SMILES string of the molecule is CC(C)(NC(=O)c1cccc(-c2cccc(Cl)c2)n1)c1ncc(Cl)s1. The predicted octanol–water partition coefficient (Wildman–Crippen LogP) is 5.18. The van der Waals surface area contributed by atoms with E-state index in [1.54, 1.807) is 24.4 Å². The summed E-state index contributed by atoms with van der Waals surface area (Å²) in [5.41, 5.74) is 1.22. The number of rotatable bonds is 4. The summed E-state index contributed by atoms with van der Waals surface area (Å²) >= 11 is 13.3. The smallest absolute Gasteiger partial charge is 0.270 e. The first kappa shape index (κ1) is 17.9. The molecular weight excluding hydrogens is 377 g/mol. The number of benzene rings is 1. The molecule has 2 aromatic heterocycles. The van der Waals surface area contributed by atoms with Crippen LogP contribution in [0.25, 0.3) is 11.3 Å². The molecule has 3 aromatic rings. The Kier molecular flexibility index (Phi) is 5.08. The quantitative estimate of drug-likeness (QED) is 0.666. The Morgan fingerprint density at radius 1 is 1.16 bits per heavy atom. The number of thiazole rings is 1. The average Bonchev–Trinajstić information content (AvgIpc) is 3.02. The van der Waals surface area contributed by atoms with E-state index < -0.39 is 5.54 Å². The third kappa shape index (κ3) is 4.18. The second-order valence-corrected chi connectivity index (χ2v) is 8.07. The number of hydrogen-bond acceptors (Lipinski definition) is 4. The summed E-state index contributed by atoms with van der Waals surface area (Å²) in [4.78, 5) is 21.3. The predicted molar refractivity (Wildman–Crippen MR) is 102 cm³/mol. The van der Waals surface area contributed by atoms with Gasteiger partial charge in [0.15, 0.2) is 0 Å². The number of nitrogens with one attached hydrogen (secondary N) is 1. The van der Waals surface area contributed by atoms with Gasteiger partial charge in [0.1, 0.15) is 15.0 Å². The summed E-state index contributed by atoms with van der Waals surface area (Å²) in [6.45, 7) is 3.75. The van der Waals surface area contributed by atoms with Gasteiger partial charge >= 0.3 is 0 Å². The number of pyridine rings is 1.